The molecule has 0 aliphatic heterocycles. The largest absolute Gasteiger partial charge is 0.352 e. The number of rotatable bonds is 5. The van der Waals surface area contributed by atoms with Gasteiger partial charge in [0.25, 0.3) is 11.6 Å². The van der Waals surface area contributed by atoms with Crippen molar-refractivity contribution in [1.82, 2.24) is 10.6 Å². The van der Waals surface area contributed by atoms with Crippen LogP contribution in [0.5, 0.6) is 0 Å². The number of carbonyl (C=O) groups is 2. The van der Waals surface area contributed by atoms with Gasteiger partial charge in [-0.3, -0.25) is 19.7 Å². The second-order valence-corrected chi connectivity index (χ2v) is 5.13. The summed E-state index contributed by atoms with van der Waals surface area (Å²) in [6.45, 7) is 5.11. The van der Waals surface area contributed by atoms with Crippen molar-refractivity contribution in [3.63, 3.8) is 0 Å². The second-order valence-electron chi connectivity index (χ2n) is 4.75. The van der Waals surface area contributed by atoms with Gasteiger partial charge < -0.3 is 10.6 Å². The molecule has 7 nitrogen and oxygen atoms in total. The van der Waals surface area contributed by atoms with E-state index in [1.807, 2.05) is 0 Å². The number of nitro benzene ring substituents is 1. The molecule has 0 aliphatic rings. The van der Waals surface area contributed by atoms with Gasteiger partial charge in [0.1, 0.15) is 11.1 Å². The maximum atomic E-state index is 12.0. The highest BCUT2D eigenvalue weighted by Gasteiger charge is 2.22. The summed E-state index contributed by atoms with van der Waals surface area (Å²) in [5, 5.41) is 15.6. The Morgan fingerprint density at radius 1 is 1.24 bits per heavy atom. The number of hydrogen-bond acceptors (Lipinski definition) is 4. The number of carbonyl (C=O) groups excluding carboxylic acids is 2. The Labute approximate surface area is 126 Å². The van der Waals surface area contributed by atoms with Crippen LogP contribution in [0.15, 0.2) is 18.2 Å². The highest BCUT2D eigenvalue weighted by molar-refractivity contribution is 6.35. The van der Waals surface area contributed by atoms with Crippen molar-refractivity contribution in [2.24, 2.45) is 0 Å². The fourth-order valence-electron chi connectivity index (χ4n) is 1.59. The van der Waals surface area contributed by atoms with Gasteiger partial charge in [-0.15, -0.1) is 0 Å². The molecule has 1 unspecified atom stereocenters. The Balaban J connectivity index is 2.88. The summed E-state index contributed by atoms with van der Waals surface area (Å²) in [6.07, 6.45) is 0. The van der Waals surface area contributed by atoms with Crippen molar-refractivity contribution < 1.29 is 14.5 Å². The SMILES string of the molecule is CC(C)NC(=O)C(C)NC(=O)c1cccc([N+](=O)[O-])c1Cl. The number of amides is 2. The zero-order valence-corrected chi connectivity index (χ0v) is 12.6. The van der Waals surface area contributed by atoms with Gasteiger partial charge in [-0.1, -0.05) is 17.7 Å². The van der Waals surface area contributed by atoms with E-state index in [0.717, 1.165) is 0 Å². The van der Waals surface area contributed by atoms with Crippen LogP contribution < -0.4 is 10.6 Å². The van der Waals surface area contributed by atoms with Gasteiger partial charge in [0.05, 0.1) is 10.5 Å². The van der Waals surface area contributed by atoms with Crippen LogP contribution in [-0.4, -0.2) is 28.8 Å². The molecule has 0 fully saturated rings. The first-order valence-electron chi connectivity index (χ1n) is 6.28. The molecule has 114 valence electrons. The Bertz CT molecular complexity index is 575. The van der Waals surface area contributed by atoms with Crippen molar-refractivity contribution in [3.05, 3.63) is 38.9 Å². The molecule has 0 bridgehead atoms. The molecule has 1 rings (SSSR count). The zero-order chi connectivity index (χ0) is 16.2. The number of nitrogens with zero attached hydrogens (tertiary/aromatic N) is 1. The van der Waals surface area contributed by atoms with E-state index in [1.54, 1.807) is 13.8 Å². The lowest BCUT2D eigenvalue weighted by molar-refractivity contribution is -0.384. The molecule has 0 spiro atoms. The van der Waals surface area contributed by atoms with Crippen molar-refractivity contribution in [2.45, 2.75) is 32.9 Å². The molecule has 0 aliphatic carbocycles. The van der Waals surface area contributed by atoms with E-state index < -0.39 is 16.9 Å². The standard InChI is InChI=1S/C13H16ClN3O4/c1-7(2)15-12(18)8(3)16-13(19)9-5-4-6-10(11(9)14)17(20)21/h4-8H,1-3H3,(H,15,18)(H,16,19). The lowest BCUT2D eigenvalue weighted by Crippen LogP contribution is -2.46. The van der Waals surface area contributed by atoms with Crippen LogP contribution in [0.4, 0.5) is 5.69 Å². The first-order valence-corrected chi connectivity index (χ1v) is 6.66. The summed E-state index contributed by atoms with van der Waals surface area (Å²) >= 11 is 5.84. The van der Waals surface area contributed by atoms with Crippen LogP contribution in [-0.2, 0) is 4.79 Å². The summed E-state index contributed by atoms with van der Waals surface area (Å²) in [5.41, 5.74) is -0.404. The lowest BCUT2D eigenvalue weighted by atomic mass is 10.1. The predicted octanol–water partition coefficient (Wildman–Crippen LogP) is 1.89. The van der Waals surface area contributed by atoms with Crippen LogP contribution in [0.2, 0.25) is 5.02 Å². The van der Waals surface area contributed by atoms with Crippen molar-refractivity contribution in [3.8, 4) is 0 Å². The fourth-order valence-corrected chi connectivity index (χ4v) is 1.87. The molecule has 0 aromatic heterocycles. The van der Waals surface area contributed by atoms with Crippen molar-refractivity contribution in [1.29, 1.82) is 0 Å². The van der Waals surface area contributed by atoms with E-state index >= 15 is 0 Å². The number of nitrogens with one attached hydrogen (secondary N) is 2. The molecule has 8 heteroatoms. The quantitative estimate of drug-likeness (QED) is 0.640. The van der Waals surface area contributed by atoms with Crippen LogP contribution in [0, 0.1) is 10.1 Å². The second kappa shape index (κ2) is 7.03. The lowest BCUT2D eigenvalue weighted by Gasteiger charge is -2.16. The fraction of sp³-hybridized carbons (Fsp3) is 0.385. The Hall–Kier alpha value is -2.15. The summed E-state index contributed by atoms with van der Waals surface area (Å²) in [7, 11) is 0. The average Bonchev–Trinajstić information content (AvgIpc) is 2.37. The summed E-state index contributed by atoms with van der Waals surface area (Å²) in [4.78, 5) is 33.9. The van der Waals surface area contributed by atoms with Gasteiger partial charge in [-0.05, 0) is 26.8 Å². The molecular weight excluding hydrogens is 298 g/mol. The maximum absolute atomic E-state index is 12.0. The number of halogens is 1. The van der Waals surface area contributed by atoms with Gasteiger partial charge in [-0.2, -0.15) is 0 Å². The molecule has 1 aromatic carbocycles. The molecule has 21 heavy (non-hydrogen) atoms. The van der Waals surface area contributed by atoms with E-state index in [1.165, 1.54) is 25.1 Å². The van der Waals surface area contributed by atoms with Crippen LogP contribution in [0.25, 0.3) is 0 Å². The highest BCUT2D eigenvalue weighted by Crippen LogP contribution is 2.27. The first-order chi connectivity index (χ1) is 9.73. The number of nitro groups is 1. The topological polar surface area (TPSA) is 101 Å². The third-order valence-electron chi connectivity index (χ3n) is 2.59. The highest BCUT2D eigenvalue weighted by atomic mass is 35.5. The minimum atomic E-state index is -0.782. The third kappa shape index (κ3) is 4.42. The molecule has 0 heterocycles. The number of hydrogen-bond donors (Lipinski definition) is 2. The zero-order valence-electron chi connectivity index (χ0n) is 11.8. The molecule has 1 atom stereocenters. The van der Waals surface area contributed by atoms with E-state index in [4.69, 9.17) is 11.6 Å². The molecule has 0 saturated heterocycles. The Kier molecular flexibility index (Phi) is 5.66. The van der Waals surface area contributed by atoms with E-state index in [-0.39, 0.29) is 28.2 Å². The van der Waals surface area contributed by atoms with Crippen LogP contribution in [0.3, 0.4) is 0 Å². The summed E-state index contributed by atoms with van der Waals surface area (Å²) in [5.74, 6) is -0.991. The van der Waals surface area contributed by atoms with Gasteiger partial charge in [0.15, 0.2) is 0 Å². The monoisotopic (exact) mass is 313 g/mol. The molecule has 0 saturated carbocycles. The Morgan fingerprint density at radius 2 is 1.86 bits per heavy atom. The van der Waals surface area contributed by atoms with Gasteiger partial charge in [0.2, 0.25) is 5.91 Å². The summed E-state index contributed by atoms with van der Waals surface area (Å²) < 4.78 is 0. The normalized spacial score (nSPS) is 11.9. The smallest absolute Gasteiger partial charge is 0.288 e. The van der Waals surface area contributed by atoms with Crippen molar-refractivity contribution in [2.75, 3.05) is 0 Å². The van der Waals surface area contributed by atoms with Gasteiger partial charge in [0, 0.05) is 12.1 Å². The van der Waals surface area contributed by atoms with Gasteiger partial charge >= 0.3 is 0 Å². The molecular formula is C13H16ClN3O4. The van der Waals surface area contributed by atoms with Gasteiger partial charge in [-0.25, -0.2) is 0 Å². The predicted molar refractivity (Wildman–Crippen MR) is 78.3 cm³/mol. The summed E-state index contributed by atoms with van der Waals surface area (Å²) in [6, 6.07) is 3.08. The minimum Gasteiger partial charge on any atom is -0.352 e. The number of benzene rings is 1. The Morgan fingerprint density at radius 3 is 2.38 bits per heavy atom. The minimum absolute atomic E-state index is 0.0462. The average molecular weight is 314 g/mol. The van der Waals surface area contributed by atoms with Crippen molar-refractivity contribution >= 4 is 29.1 Å². The molecule has 2 amide bonds. The van der Waals surface area contributed by atoms with Crippen LogP contribution >= 0.6 is 11.6 Å². The van der Waals surface area contributed by atoms with E-state index in [0.29, 0.717) is 0 Å². The molecule has 0 radical (unpaired) electrons. The third-order valence-corrected chi connectivity index (χ3v) is 2.99. The van der Waals surface area contributed by atoms with E-state index in [9.17, 15) is 19.7 Å². The molecule has 2 N–H and O–H groups in total. The van der Waals surface area contributed by atoms with E-state index in [2.05, 4.69) is 10.6 Å². The molecule has 1 aromatic rings. The van der Waals surface area contributed by atoms with Crippen LogP contribution in [0.1, 0.15) is 31.1 Å². The first kappa shape index (κ1) is 16.9. The maximum Gasteiger partial charge on any atom is 0.288 e.